The van der Waals surface area contributed by atoms with E-state index in [1.165, 1.54) is 12.5 Å². The van der Waals surface area contributed by atoms with E-state index in [9.17, 15) is 4.79 Å². The molecule has 2 rings (SSSR count). The molecule has 0 bridgehead atoms. The largest absolute Gasteiger partial charge is 0.465 e. The first-order valence-electron chi connectivity index (χ1n) is 7.09. The van der Waals surface area contributed by atoms with Crippen molar-refractivity contribution in [2.75, 3.05) is 19.7 Å². The molecule has 0 amide bonds. The molecule has 1 heterocycles. The number of benzene rings is 1. The molecule has 0 aliphatic carbocycles. The monoisotopic (exact) mass is 278 g/mol. The number of quaternary nitrogens is 1. The maximum Gasteiger partial charge on any atom is 0.302 e. The summed E-state index contributed by atoms with van der Waals surface area (Å²) in [4.78, 5) is 13.1. The highest BCUT2D eigenvalue weighted by atomic mass is 16.5. The lowest BCUT2D eigenvalue weighted by Gasteiger charge is -2.40. The maximum atomic E-state index is 10.8. The molecule has 0 spiro atoms. The number of hydrogen-bond donors (Lipinski definition) is 2. The molecule has 3 unspecified atom stereocenters. The number of esters is 1. The van der Waals surface area contributed by atoms with Gasteiger partial charge in [-0.3, -0.25) is 10.1 Å². The van der Waals surface area contributed by atoms with E-state index in [1.807, 2.05) is 6.07 Å². The summed E-state index contributed by atoms with van der Waals surface area (Å²) in [6.07, 6.45) is 0.186. The van der Waals surface area contributed by atoms with Gasteiger partial charge < -0.3 is 10.5 Å². The first kappa shape index (κ1) is 15.0. The smallest absolute Gasteiger partial charge is 0.302 e. The van der Waals surface area contributed by atoms with Gasteiger partial charge in [-0.15, -0.1) is 0 Å². The molecular weight excluding hydrogens is 254 g/mol. The summed E-state index contributed by atoms with van der Waals surface area (Å²) in [6.45, 7) is 5.61. The highest BCUT2D eigenvalue weighted by Crippen LogP contribution is 2.20. The van der Waals surface area contributed by atoms with E-state index in [0.717, 1.165) is 13.1 Å². The van der Waals surface area contributed by atoms with Crippen LogP contribution in [-0.2, 0) is 9.53 Å². The van der Waals surface area contributed by atoms with E-state index in [4.69, 9.17) is 4.74 Å². The summed E-state index contributed by atoms with van der Waals surface area (Å²) in [5, 5.41) is 3.60. The fourth-order valence-corrected chi connectivity index (χ4v) is 2.62. The van der Waals surface area contributed by atoms with Gasteiger partial charge in [0.25, 0.3) is 0 Å². The average Bonchev–Trinajstić information content (AvgIpc) is 2.44. The zero-order valence-corrected chi connectivity index (χ0v) is 12.2. The number of hydrogen-bond acceptors (Lipinski definition) is 4. The summed E-state index contributed by atoms with van der Waals surface area (Å²) in [6, 6.07) is 11.0. The highest BCUT2D eigenvalue weighted by Gasteiger charge is 2.33. The minimum Gasteiger partial charge on any atom is -0.465 e. The first-order valence-corrected chi connectivity index (χ1v) is 7.09. The number of ether oxygens (including phenoxy) is 1. The lowest BCUT2D eigenvalue weighted by atomic mass is 10.0. The van der Waals surface area contributed by atoms with Gasteiger partial charge in [0.2, 0.25) is 0 Å². The summed E-state index contributed by atoms with van der Waals surface area (Å²) in [7, 11) is 0. The normalized spacial score (nSPS) is 27.2. The fourth-order valence-electron chi connectivity index (χ4n) is 2.62. The standard InChI is InChI=1S/C15H23N3O2/c1-11-15(16)18(8-9-20-12(2)19)10-14(17-11)13-6-4-3-5-7-13/h3-7,11,14-15,17H,8-10,16H2,1-2H3/p+1. The third-order valence-electron chi connectivity index (χ3n) is 3.81. The summed E-state index contributed by atoms with van der Waals surface area (Å²) in [5.74, 6) is -0.228. The Morgan fingerprint density at radius 1 is 1.45 bits per heavy atom. The predicted molar refractivity (Wildman–Crippen MR) is 76.7 cm³/mol. The minimum atomic E-state index is -0.228. The van der Waals surface area contributed by atoms with Gasteiger partial charge in [0.15, 0.2) is 6.17 Å². The number of carbonyl (C=O) groups excluding carboxylic acids is 1. The number of nitrogens with zero attached hydrogens (tertiary/aromatic N) is 1. The zero-order chi connectivity index (χ0) is 14.5. The SMILES string of the molecule is CC(=O)OCCN1CC(c2ccccc2)NC(C)C1[NH3+]. The zero-order valence-electron chi connectivity index (χ0n) is 12.2. The van der Waals surface area contributed by atoms with Gasteiger partial charge >= 0.3 is 5.97 Å². The first-order chi connectivity index (χ1) is 9.58. The molecule has 1 aliphatic heterocycles. The van der Waals surface area contributed by atoms with Crippen molar-refractivity contribution >= 4 is 5.97 Å². The van der Waals surface area contributed by atoms with Gasteiger partial charge in [0.1, 0.15) is 6.61 Å². The van der Waals surface area contributed by atoms with E-state index in [0.29, 0.717) is 18.7 Å². The molecule has 0 saturated carbocycles. The maximum absolute atomic E-state index is 10.8. The van der Waals surface area contributed by atoms with Crippen LogP contribution in [0.5, 0.6) is 0 Å². The molecule has 20 heavy (non-hydrogen) atoms. The van der Waals surface area contributed by atoms with Crippen molar-refractivity contribution in [2.24, 2.45) is 0 Å². The van der Waals surface area contributed by atoms with Crippen LogP contribution in [0, 0.1) is 0 Å². The molecule has 5 nitrogen and oxygen atoms in total. The van der Waals surface area contributed by atoms with Crippen LogP contribution in [0.25, 0.3) is 0 Å². The topological polar surface area (TPSA) is 69.2 Å². The Labute approximate surface area is 120 Å². The van der Waals surface area contributed by atoms with Crippen molar-refractivity contribution in [1.29, 1.82) is 0 Å². The van der Waals surface area contributed by atoms with Crippen molar-refractivity contribution in [3.8, 4) is 0 Å². The number of carbonyl (C=O) groups is 1. The number of rotatable bonds is 4. The minimum absolute atomic E-state index is 0.186. The van der Waals surface area contributed by atoms with Crippen molar-refractivity contribution in [2.45, 2.75) is 32.1 Å². The summed E-state index contributed by atoms with van der Waals surface area (Å²) < 4.78 is 5.04. The van der Waals surface area contributed by atoms with Crippen LogP contribution >= 0.6 is 0 Å². The van der Waals surface area contributed by atoms with Gasteiger partial charge in [-0.1, -0.05) is 30.3 Å². The Morgan fingerprint density at radius 3 is 2.80 bits per heavy atom. The molecule has 0 aromatic heterocycles. The second-order valence-corrected chi connectivity index (χ2v) is 5.32. The lowest BCUT2D eigenvalue weighted by Crippen LogP contribution is -2.78. The molecule has 0 radical (unpaired) electrons. The number of piperazine rings is 1. The van der Waals surface area contributed by atoms with Gasteiger partial charge in [-0.05, 0) is 12.5 Å². The molecule has 1 aliphatic rings. The van der Waals surface area contributed by atoms with Crippen molar-refractivity contribution in [3.05, 3.63) is 35.9 Å². The molecule has 1 aromatic carbocycles. The van der Waals surface area contributed by atoms with Crippen LogP contribution in [-0.4, -0.2) is 42.8 Å². The van der Waals surface area contributed by atoms with E-state index in [1.54, 1.807) is 0 Å². The molecule has 4 N–H and O–H groups in total. The number of nitrogens with one attached hydrogen (secondary N) is 1. The molecule has 3 atom stereocenters. The van der Waals surface area contributed by atoms with Crippen LogP contribution in [0.2, 0.25) is 0 Å². The third kappa shape index (κ3) is 3.79. The average molecular weight is 278 g/mol. The Morgan fingerprint density at radius 2 is 2.15 bits per heavy atom. The second-order valence-electron chi connectivity index (χ2n) is 5.32. The molecule has 1 saturated heterocycles. The molecular formula is C15H24N3O2+. The van der Waals surface area contributed by atoms with Crippen LogP contribution in [0.3, 0.4) is 0 Å². The molecule has 110 valence electrons. The lowest BCUT2D eigenvalue weighted by molar-refractivity contribution is -0.469. The van der Waals surface area contributed by atoms with E-state index in [-0.39, 0.29) is 12.1 Å². The molecule has 1 aromatic rings. The van der Waals surface area contributed by atoms with Gasteiger partial charge in [-0.25, -0.2) is 4.90 Å². The van der Waals surface area contributed by atoms with E-state index >= 15 is 0 Å². The fraction of sp³-hybridized carbons (Fsp3) is 0.533. The van der Waals surface area contributed by atoms with E-state index in [2.05, 4.69) is 47.1 Å². The van der Waals surface area contributed by atoms with Gasteiger partial charge in [-0.2, -0.15) is 0 Å². The highest BCUT2D eigenvalue weighted by molar-refractivity contribution is 5.65. The Balaban J connectivity index is 1.98. The molecule has 5 heteroatoms. The Hall–Kier alpha value is -1.43. The van der Waals surface area contributed by atoms with Crippen molar-refractivity contribution in [3.63, 3.8) is 0 Å². The van der Waals surface area contributed by atoms with Gasteiger partial charge in [0.05, 0.1) is 6.04 Å². The Kier molecular flexibility index (Phi) is 5.11. The van der Waals surface area contributed by atoms with Crippen LogP contribution in [0.15, 0.2) is 30.3 Å². The predicted octanol–water partition coefficient (Wildman–Crippen LogP) is 0.153. The summed E-state index contributed by atoms with van der Waals surface area (Å²) >= 11 is 0. The van der Waals surface area contributed by atoms with Crippen LogP contribution in [0.1, 0.15) is 25.5 Å². The van der Waals surface area contributed by atoms with Crippen LogP contribution in [0.4, 0.5) is 0 Å². The third-order valence-corrected chi connectivity index (χ3v) is 3.81. The van der Waals surface area contributed by atoms with Gasteiger partial charge in [0, 0.05) is 26.1 Å². The Bertz CT molecular complexity index is 438. The second kappa shape index (κ2) is 6.83. The van der Waals surface area contributed by atoms with Crippen LogP contribution < -0.4 is 11.1 Å². The quantitative estimate of drug-likeness (QED) is 0.769. The van der Waals surface area contributed by atoms with Crippen molar-refractivity contribution < 1.29 is 15.3 Å². The van der Waals surface area contributed by atoms with Crippen molar-refractivity contribution in [1.82, 2.24) is 10.2 Å². The van der Waals surface area contributed by atoms with E-state index < -0.39 is 0 Å². The summed E-state index contributed by atoms with van der Waals surface area (Å²) in [5.41, 5.74) is 5.49. The molecule has 1 fully saturated rings.